The van der Waals surface area contributed by atoms with Gasteiger partial charge in [-0.15, -0.1) is 0 Å². The van der Waals surface area contributed by atoms with Crippen molar-refractivity contribution in [3.05, 3.63) is 41.4 Å². The molecule has 2 rings (SSSR count). The summed E-state index contributed by atoms with van der Waals surface area (Å²) in [5.74, 6) is -0.397. The summed E-state index contributed by atoms with van der Waals surface area (Å²) >= 11 is 6.07. The summed E-state index contributed by atoms with van der Waals surface area (Å²) in [6.45, 7) is 3.39. The van der Waals surface area contributed by atoms with Gasteiger partial charge < -0.3 is 4.74 Å². The maximum atomic E-state index is 11.6. The number of carbonyl (C=O) groups is 1. The molecule has 0 radical (unpaired) electrons. The normalized spacial score (nSPS) is 22.0. The highest BCUT2D eigenvalue weighted by atomic mass is 35.5. The minimum Gasteiger partial charge on any atom is -0.459 e. The van der Waals surface area contributed by atoms with Crippen LogP contribution in [-0.2, 0) is 19.4 Å². The molecule has 1 saturated carbocycles. The molecule has 0 N–H and O–H groups in total. The second kappa shape index (κ2) is 6.20. The fourth-order valence-corrected chi connectivity index (χ4v) is 4.03. The molecule has 1 aliphatic carbocycles. The Morgan fingerprint density at radius 1 is 1.43 bits per heavy atom. The number of esters is 1. The van der Waals surface area contributed by atoms with Crippen LogP contribution in [0.5, 0.6) is 0 Å². The molecular weight excluding hydrogens is 312 g/mol. The van der Waals surface area contributed by atoms with Crippen molar-refractivity contribution in [1.82, 2.24) is 0 Å². The van der Waals surface area contributed by atoms with E-state index in [0.29, 0.717) is 0 Å². The molecule has 4 nitrogen and oxygen atoms in total. The molecule has 0 aliphatic heterocycles. The third kappa shape index (κ3) is 3.66. The lowest BCUT2D eigenvalue weighted by Gasteiger charge is -2.20. The van der Waals surface area contributed by atoms with Gasteiger partial charge in [-0.05, 0) is 37.0 Å². The lowest BCUT2D eigenvalue weighted by atomic mass is 9.96. The van der Waals surface area contributed by atoms with Gasteiger partial charge in [0.05, 0.1) is 9.92 Å². The van der Waals surface area contributed by atoms with Crippen molar-refractivity contribution in [1.29, 1.82) is 0 Å². The summed E-state index contributed by atoms with van der Waals surface area (Å²) in [6, 6.07) is 4.91. The summed E-state index contributed by atoms with van der Waals surface area (Å²) in [5, 5.41) is 0.204. The van der Waals surface area contributed by atoms with Crippen molar-refractivity contribution in [2.45, 2.75) is 36.2 Å². The highest BCUT2D eigenvalue weighted by molar-refractivity contribution is 7.90. The molecule has 1 aromatic rings. The van der Waals surface area contributed by atoms with E-state index in [1.165, 1.54) is 6.07 Å². The van der Waals surface area contributed by atoms with Gasteiger partial charge in [-0.25, -0.2) is 13.2 Å². The number of sulfone groups is 1. The molecular formula is C15H17ClO4S. The summed E-state index contributed by atoms with van der Waals surface area (Å²) in [4.78, 5) is 11.5. The SMILES string of the molecule is C=CC(=O)OC1CCCC1c1ccc(S(C)(=O)=O)c(Cl)c1. The Labute approximate surface area is 129 Å². The van der Waals surface area contributed by atoms with Crippen molar-refractivity contribution < 1.29 is 17.9 Å². The number of hydrogen-bond acceptors (Lipinski definition) is 4. The van der Waals surface area contributed by atoms with Gasteiger partial charge in [-0.2, -0.15) is 0 Å². The molecule has 0 bridgehead atoms. The van der Waals surface area contributed by atoms with Gasteiger partial charge in [0, 0.05) is 18.2 Å². The van der Waals surface area contributed by atoms with Crippen LogP contribution in [0.1, 0.15) is 30.7 Å². The van der Waals surface area contributed by atoms with Gasteiger partial charge in [0.2, 0.25) is 0 Å². The molecule has 21 heavy (non-hydrogen) atoms. The fourth-order valence-electron chi connectivity index (χ4n) is 2.69. The Balaban J connectivity index is 2.27. The number of benzene rings is 1. The van der Waals surface area contributed by atoms with Crippen molar-refractivity contribution >= 4 is 27.4 Å². The van der Waals surface area contributed by atoms with E-state index in [-0.39, 0.29) is 21.9 Å². The largest absolute Gasteiger partial charge is 0.459 e. The van der Waals surface area contributed by atoms with Gasteiger partial charge in [0.15, 0.2) is 9.84 Å². The minimum atomic E-state index is -3.34. The predicted octanol–water partition coefficient (Wildman–Crippen LogP) is 3.11. The predicted molar refractivity (Wildman–Crippen MR) is 81.2 cm³/mol. The number of rotatable bonds is 4. The van der Waals surface area contributed by atoms with Crippen LogP contribution in [0.25, 0.3) is 0 Å². The topological polar surface area (TPSA) is 60.4 Å². The van der Waals surface area contributed by atoms with Crippen LogP contribution in [0.4, 0.5) is 0 Å². The average molecular weight is 329 g/mol. The quantitative estimate of drug-likeness (QED) is 0.629. The van der Waals surface area contributed by atoms with Crippen molar-refractivity contribution in [3.63, 3.8) is 0 Å². The molecule has 0 amide bonds. The molecule has 1 fully saturated rings. The zero-order valence-corrected chi connectivity index (χ0v) is 13.3. The third-order valence-electron chi connectivity index (χ3n) is 3.67. The highest BCUT2D eigenvalue weighted by Gasteiger charge is 2.31. The summed E-state index contributed by atoms with van der Waals surface area (Å²) in [6.07, 6.45) is 4.67. The van der Waals surface area contributed by atoms with Gasteiger partial charge in [-0.1, -0.05) is 24.2 Å². The van der Waals surface area contributed by atoms with E-state index in [1.54, 1.807) is 12.1 Å². The molecule has 2 atom stereocenters. The van der Waals surface area contributed by atoms with Crippen molar-refractivity contribution in [2.75, 3.05) is 6.26 Å². The standard InChI is InChI=1S/C15H17ClO4S/c1-3-15(17)20-13-6-4-5-11(13)10-7-8-14(12(16)9-10)21(2,18)19/h3,7-9,11,13H,1,4-6H2,2H3. The van der Waals surface area contributed by atoms with Crippen LogP contribution in [0, 0.1) is 0 Å². The van der Waals surface area contributed by atoms with Crippen LogP contribution in [0.15, 0.2) is 35.7 Å². The maximum Gasteiger partial charge on any atom is 0.330 e. The van der Waals surface area contributed by atoms with Crippen LogP contribution < -0.4 is 0 Å². The van der Waals surface area contributed by atoms with Crippen LogP contribution in [-0.4, -0.2) is 26.7 Å². The summed E-state index contributed by atoms with van der Waals surface area (Å²) in [7, 11) is -3.34. The van der Waals surface area contributed by atoms with E-state index in [0.717, 1.165) is 37.2 Å². The Hall–Kier alpha value is -1.33. The van der Waals surface area contributed by atoms with Crippen LogP contribution >= 0.6 is 11.6 Å². The molecule has 1 aliphatic rings. The van der Waals surface area contributed by atoms with E-state index in [2.05, 4.69) is 6.58 Å². The van der Waals surface area contributed by atoms with Gasteiger partial charge in [-0.3, -0.25) is 0 Å². The lowest BCUT2D eigenvalue weighted by Crippen LogP contribution is -2.20. The zero-order valence-electron chi connectivity index (χ0n) is 11.7. The summed E-state index contributed by atoms with van der Waals surface area (Å²) in [5.41, 5.74) is 0.895. The number of ether oxygens (including phenoxy) is 1. The second-order valence-electron chi connectivity index (χ2n) is 5.18. The molecule has 1 aromatic carbocycles. The first-order chi connectivity index (χ1) is 9.82. The monoisotopic (exact) mass is 328 g/mol. The molecule has 0 aromatic heterocycles. The molecule has 0 saturated heterocycles. The number of halogens is 1. The van der Waals surface area contributed by atoms with E-state index in [9.17, 15) is 13.2 Å². The molecule has 6 heteroatoms. The third-order valence-corrected chi connectivity index (χ3v) is 5.25. The first-order valence-electron chi connectivity index (χ1n) is 6.65. The fraction of sp³-hybridized carbons (Fsp3) is 0.400. The number of hydrogen-bond donors (Lipinski definition) is 0. The van der Waals surface area contributed by atoms with Crippen LogP contribution in [0.3, 0.4) is 0 Å². The van der Waals surface area contributed by atoms with Gasteiger partial charge >= 0.3 is 5.97 Å². The molecule has 0 heterocycles. The summed E-state index contributed by atoms with van der Waals surface area (Å²) < 4.78 is 28.5. The Kier molecular flexibility index (Phi) is 4.74. The van der Waals surface area contributed by atoms with E-state index in [4.69, 9.17) is 16.3 Å². The second-order valence-corrected chi connectivity index (χ2v) is 7.57. The Bertz CT molecular complexity index is 666. The van der Waals surface area contributed by atoms with E-state index >= 15 is 0 Å². The van der Waals surface area contributed by atoms with Crippen molar-refractivity contribution in [3.8, 4) is 0 Å². The highest BCUT2D eigenvalue weighted by Crippen LogP contribution is 2.38. The number of carbonyl (C=O) groups excluding carboxylic acids is 1. The maximum absolute atomic E-state index is 11.6. The minimum absolute atomic E-state index is 0.0417. The van der Waals surface area contributed by atoms with E-state index < -0.39 is 15.8 Å². The first-order valence-corrected chi connectivity index (χ1v) is 8.92. The Morgan fingerprint density at radius 3 is 2.71 bits per heavy atom. The molecule has 114 valence electrons. The Morgan fingerprint density at radius 2 is 2.14 bits per heavy atom. The lowest BCUT2D eigenvalue weighted by molar-refractivity contribution is -0.143. The van der Waals surface area contributed by atoms with Crippen LogP contribution in [0.2, 0.25) is 5.02 Å². The molecule has 0 spiro atoms. The first kappa shape index (κ1) is 16.0. The average Bonchev–Trinajstić information content (AvgIpc) is 2.85. The smallest absolute Gasteiger partial charge is 0.330 e. The van der Waals surface area contributed by atoms with Gasteiger partial charge in [0.1, 0.15) is 6.10 Å². The van der Waals surface area contributed by atoms with E-state index in [1.807, 2.05) is 0 Å². The van der Waals surface area contributed by atoms with Crippen molar-refractivity contribution in [2.24, 2.45) is 0 Å². The van der Waals surface area contributed by atoms with Gasteiger partial charge in [0.25, 0.3) is 0 Å². The zero-order chi connectivity index (χ0) is 15.6. The molecule has 2 unspecified atom stereocenters.